The molecule has 0 unspecified atom stereocenters. The molecule has 0 radical (unpaired) electrons. The zero-order chi connectivity index (χ0) is 19.0. The molecule has 27 heavy (non-hydrogen) atoms. The number of anilines is 2. The van der Waals surface area contributed by atoms with Gasteiger partial charge in [0.2, 0.25) is 0 Å². The summed E-state index contributed by atoms with van der Waals surface area (Å²) in [5, 5.41) is 5.88. The summed E-state index contributed by atoms with van der Waals surface area (Å²) in [6.45, 7) is 0. The Morgan fingerprint density at radius 2 is 1.93 bits per heavy atom. The second-order valence-electron chi connectivity index (χ2n) is 6.44. The fourth-order valence-corrected chi connectivity index (χ4v) is 4.51. The maximum atomic E-state index is 11.7. The van der Waals surface area contributed by atoms with Gasteiger partial charge in [-0.2, -0.15) is 5.10 Å². The van der Waals surface area contributed by atoms with E-state index in [1.165, 1.54) is 11.3 Å². The molecule has 4 rings (SSSR count). The van der Waals surface area contributed by atoms with E-state index in [1.54, 1.807) is 6.21 Å². The topological polar surface area (TPSA) is 106 Å². The summed E-state index contributed by atoms with van der Waals surface area (Å²) in [6.07, 6.45) is 5.69. The van der Waals surface area contributed by atoms with Crippen molar-refractivity contribution in [2.45, 2.75) is 25.7 Å². The Morgan fingerprint density at radius 1 is 1.22 bits per heavy atom. The first kappa shape index (κ1) is 17.8. The predicted molar refractivity (Wildman–Crippen MR) is 112 cm³/mol. The molecule has 2 aromatic heterocycles. The molecule has 0 saturated carbocycles. The number of nitrogens with two attached hydrogens (primary N) is 2. The molecule has 1 amide bonds. The number of nitrogens with zero attached hydrogens (tertiary/aromatic N) is 2. The van der Waals surface area contributed by atoms with Crippen molar-refractivity contribution in [2.75, 3.05) is 11.2 Å². The van der Waals surface area contributed by atoms with E-state index in [4.69, 9.17) is 23.1 Å². The lowest BCUT2D eigenvalue weighted by molar-refractivity contribution is 0.100. The number of fused-ring (bicyclic) bond motifs is 3. The van der Waals surface area contributed by atoms with Gasteiger partial charge in [-0.1, -0.05) is 23.7 Å². The summed E-state index contributed by atoms with van der Waals surface area (Å²) in [6, 6.07) is 7.40. The van der Waals surface area contributed by atoms with Crippen LogP contribution in [-0.2, 0) is 12.8 Å². The third-order valence-electron chi connectivity index (χ3n) is 4.67. The average molecular weight is 400 g/mol. The molecule has 0 saturated heterocycles. The van der Waals surface area contributed by atoms with Crippen molar-refractivity contribution in [1.29, 1.82) is 0 Å². The summed E-state index contributed by atoms with van der Waals surface area (Å²) in [7, 11) is 0. The van der Waals surface area contributed by atoms with Crippen LogP contribution >= 0.6 is 22.9 Å². The van der Waals surface area contributed by atoms with Gasteiger partial charge in [-0.05, 0) is 48.9 Å². The average Bonchev–Trinajstić information content (AvgIpc) is 3.00. The second-order valence-corrected chi connectivity index (χ2v) is 7.87. The number of benzene rings is 1. The molecule has 0 fully saturated rings. The number of aryl methyl sites for hydroxylation is 1. The standard InChI is InChI=1S/C19H18ClN5OS/c20-11-7-5-10(6-8-11)9-23-25-18-13-4-2-1-3-12(13)14-15(21)16(17(22)26)27-19(14)24-18/h5-9H,1-4,21H2,(H2,22,26)(H,24,25)/b23-9+. The van der Waals surface area contributed by atoms with Crippen LogP contribution in [0.15, 0.2) is 29.4 Å². The number of aromatic nitrogens is 1. The summed E-state index contributed by atoms with van der Waals surface area (Å²) in [5.41, 5.74) is 18.4. The highest BCUT2D eigenvalue weighted by Gasteiger charge is 2.24. The first-order chi connectivity index (χ1) is 13.0. The van der Waals surface area contributed by atoms with Crippen molar-refractivity contribution >= 4 is 56.8 Å². The number of hydrogen-bond donors (Lipinski definition) is 3. The molecule has 0 atom stereocenters. The maximum absolute atomic E-state index is 11.7. The van der Waals surface area contributed by atoms with Crippen molar-refractivity contribution < 1.29 is 4.79 Å². The highest BCUT2D eigenvalue weighted by Crippen LogP contribution is 2.40. The Hall–Kier alpha value is -2.64. The first-order valence-corrected chi connectivity index (χ1v) is 9.82. The fraction of sp³-hybridized carbons (Fsp3) is 0.211. The van der Waals surface area contributed by atoms with E-state index < -0.39 is 5.91 Å². The summed E-state index contributed by atoms with van der Waals surface area (Å²) >= 11 is 7.13. The number of hydrogen-bond acceptors (Lipinski definition) is 6. The van der Waals surface area contributed by atoms with Crippen molar-refractivity contribution in [1.82, 2.24) is 4.98 Å². The Labute approximate surface area is 165 Å². The van der Waals surface area contributed by atoms with Gasteiger partial charge >= 0.3 is 0 Å². The van der Waals surface area contributed by atoms with Crippen LogP contribution in [0.2, 0.25) is 5.02 Å². The largest absolute Gasteiger partial charge is 0.397 e. The third kappa shape index (κ3) is 3.36. The number of nitrogens with one attached hydrogen (secondary N) is 1. The van der Waals surface area contributed by atoms with E-state index in [0.29, 0.717) is 26.2 Å². The van der Waals surface area contributed by atoms with E-state index in [0.717, 1.165) is 47.8 Å². The molecule has 8 heteroatoms. The van der Waals surface area contributed by atoms with Gasteiger partial charge in [-0.3, -0.25) is 10.2 Å². The molecule has 138 valence electrons. The minimum absolute atomic E-state index is 0.368. The first-order valence-electron chi connectivity index (χ1n) is 8.62. The zero-order valence-electron chi connectivity index (χ0n) is 14.5. The Kier molecular flexibility index (Phi) is 4.72. The molecular formula is C19H18ClN5OS. The van der Waals surface area contributed by atoms with Gasteiger partial charge in [0, 0.05) is 16.0 Å². The lowest BCUT2D eigenvalue weighted by Crippen LogP contribution is -2.11. The second kappa shape index (κ2) is 7.17. The SMILES string of the molecule is NC(=O)c1sc2nc(N/N=C/c3ccc(Cl)cc3)c3c(c2c1N)CCCC3. The molecule has 1 aliphatic rings. The molecule has 0 spiro atoms. The van der Waals surface area contributed by atoms with E-state index in [-0.39, 0.29) is 0 Å². The molecule has 0 bridgehead atoms. The third-order valence-corrected chi connectivity index (χ3v) is 6.04. The molecule has 6 nitrogen and oxygen atoms in total. The molecule has 2 heterocycles. The van der Waals surface area contributed by atoms with Crippen molar-refractivity contribution in [2.24, 2.45) is 10.8 Å². The quantitative estimate of drug-likeness (QED) is 0.456. The molecule has 0 aliphatic heterocycles. The minimum atomic E-state index is -0.518. The van der Waals surface area contributed by atoms with E-state index in [2.05, 4.69) is 15.5 Å². The summed E-state index contributed by atoms with van der Waals surface area (Å²) in [5.74, 6) is 0.190. The van der Waals surface area contributed by atoms with Gasteiger partial charge in [0.05, 0.1) is 11.9 Å². The van der Waals surface area contributed by atoms with Crippen molar-refractivity contribution in [3.8, 4) is 0 Å². The van der Waals surface area contributed by atoms with Crippen LogP contribution in [0.1, 0.15) is 39.2 Å². The van der Waals surface area contributed by atoms with Gasteiger partial charge < -0.3 is 11.5 Å². The smallest absolute Gasteiger partial charge is 0.260 e. The number of rotatable bonds is 4. The Bertz CT molecular complexity index is 1060. The number of pyridine rings is 1. The van der Waals surface area contributed by atoms with E-state index in [1.807, 2.05) is 24.3 Å². The van der Waals surface area contributed by atoms with Gasteiger partial charge in [0.15, 0.2) is 5.82 Å². The van der Waals surface area contributed by atoms with Crippen molar-refractivity contribution in [3.63, 3.8) is 0 Å². The van der Waals surface area contributed by atoms with Crippen LogP contribution in [0, 0.1) is 0 Å². The minimum Gasteiger partial charge on any atom is -0.397 e. The number of carbonyl (C=O) groups excluding carboxylic acids is 1. The lowest BCUT2D eigenvalue weighted by Gasteiger charge is -2.19. The zero-order valence-corrected chi connectivity index (χ0v) is 16.0. The van der Waals surface area contributed by atoms with Gasteiger partial charge in [0.1, 0.15) is 9.71 Å². The van der Waals surface area contributed by atoms with Crippen LogP contribution in [-0.4, -0.2) is 17.1 Å². The Morgan fingerprint density at radius 3 is 2.63 bits per heavy atom. The predicted octanol–water partition coefficient (Wildman–Crippen LogP) is 3.96. The lowest BCUT2D eigenvalue weighted by atomic mass is 9.90. The summed E-state index contributed by atoms with van der Waals surface area (Å²) in [4.78, 5) is 17.4. The number of carbonyl (C=O) groups is 1. The molecule has 1 aliphatic carbocycles. The molecule has 5 N–H and O–H groups in total. The van der Waals surface area contributed by atoms with Crippen LogP contribution in [0.4, 0.5) is 11.5 Å². The number of halogens is 1. The van der Waals surface area contributed by atoms with Crippen LogP contribution in [0.5, 0.6) is 0 Å². The monoisotopic (exact) mass is 399 g/mol. The van der Waals surface area contributed by atoms with E-state index in [9.17, 15) is 4.79 Å². The maximum Gasteiger partial charge on any atom is 0.260 e. The number of thiophene rings is 1. The Balaban J connectivity index is 1.74. The van der Waals surface area contributed by atoms with Crippen LogP contribution in [0.25, 0.3) is 10.2 Å². The van der Waals surface area contributed by atoms with Gasteiger partial charge in [0.25, 0.3) is 5.91 Å². The van der Waals surface area contributed by atoms with Crippen LogP contribution < -0.4 is 16.9 Å². The van der Waals surface area contributed by atoms with Gasteiger partial charge in [-0.15, -0.1) is 11.3 Å². The van der Waals surface area contributed by atoms with Crippen molar-refractivity contribution in [3.05, 3.63) is 50.9 Å². The molecule has 3 aromatic rings. The normalized spacial score (nSPS) is 13.8. The van der Waals surface area contributed by atoms with E-state index >= 15 is 0 Å². The molecule has 1 aromatic carbocycles. The number of primary amides is 1. The number of amides is 1. The molecular weight excluding hydrogens is 382 g/mol. The highest BCUT2D eigenvalue weighted by molar-refractivity contribution is 7.21. The number of hydrazone groups is 1. The number of nitrogen functional groups attached to an aromatic ring is 1. The fourth-order valence-electron chi connectivity index (χ4n) is 3.41. The highest BCUT2D eigenvalue weighted by atomic mass is 35.5. The summed E-state index contributed by atoms with van der Waals surface area (Å²) < 4.78 is 0. The van der Waals surface area contributed by atoms with Crippen LogP contribution in [0.3, 0.4) is 0 Å². The van der Waals surface area contributed by atoms with Gasteiger partial charge in [-0.25, -0.2) is 4.98 Å².